The van der Waals surface area contributed by atoms with Gasteiger partial charge in [-0.2, -0.15) is 0 Å². The van der Waals surface area contributed by atoms with Crippen molar-refractivity contribution in [3.05, 3.63) is 0 Å². The van der Waals surface area contributed by atoms with Gasteiger partial charge in [-0.25, -0.2) is 0 Å². The second-order valence-corrected chi connectivity index (χ2v) is 4.61. The van der Waals surface area contributed by atoms with Gasteiger partial charge in [-0.15, -0.1) is 0 Å². The Morgan fingerprint density at radius 1 is 1.43 bits per heavy atom. The van der Waals surface area contributed by atoms with Gasteiger partial charge in [0, 0.05) is 21.9 Å². The largest absolute Gasteiger partial charge is 0.259 e. The molecule has 0 heterocycles. The van der Waals surface area contributed by atoms with Crippen LogP contribution in [0.2, 0.25) is 0 Å². The zero-order chi connectivity index (χ0) is 5.70. The van der Waals surface area contributed by atoms with Gasteiger partial charge < -0.3 is 0 Å². The highest BCUT2D eigenvalue weighted by molar-refractivity contribution is 9.10. The van der Waals surface area contributed by atoms with Crippen LogP contribution in [0, 0.1) is 0 Å². The molecule has 0 aromatic rings. The van der Waals surface area contributed by atoms with Crippen LogP contribution in [0.5, 0.6) is 0 Å². The first-order valence-electron chi connectivity index (χ1n) is 1.78. The Labute approximate surface area is 62.6 Å². The molecule has 0 bridgehead atoms. The van der Waals surface area contributed by atoms with E-state index in [9.17, 15) is 4.21 Å². The molecule has 0 N–H and O–H groups in total. The molecular formula is C3H6Br2OS. The Morgan fingerprint density at radius 2 is 2.00 bits per heavy atom. The predicted octanol–water partition coefficient (Wildman–Crippen LogP) is 1.48. The van der Waals surface area contributed by atoms with Crippen molar-refractivity contribution in [2.24, 2.45) is 0 Å². The number of halogens is 2. The zero-order valence-electron chi connectivity index (χ0n) is 3.69. The highest BCUT2D eigenvalue weighted by Crippen LogP contribution is 1.90. The average Bonchev–Trinajstić information content (AvgIpc) is 1.68. The lowest BCUT2D eigenvalue weighted by Crippen LogP contribution is -1.97. The highest BCUT2D eigenvalue weighted by atomic mass is 79.9. The molecule has 0 spiro atoms. The molecule has 1 unspecified atom stereocenters. The zero-order valence-corrected chi connectivity index (χ0v) is 7.68. The lowest BCUT2D eigenvalue weighted by atomic mass is 11.0. The molecule has 7 heavy (non-hydrogen) atoms. The topological polar surface area (TPSA) is 17.1 Å². The van der Waals surface area contributed by atoms with E-state index >= 15 is 0 Å². The maximum Gasteiger partial charge on any atom is 0.0790 e. The molecule has 0 aliphatic rings. The molecular weight excluding hydrogens is 244 g/mol. The highest BCUT2D eigenvalue weighted by Gasteiger charge is 1.90. The first-order chi connectivity index (χ1) is 3.31. The molecule has 0 saturated heterocycles. The normalized spacial score (nSPS) is 14.0. The van der Waals surface area contributed by atoms with E-state index in [-0.39, 0.29) is 0 Å². The summed E-state index contributed by atoms with van der Waals surface area (Å²) in [4.78, 5) is 0. The fourth-order valence-electron chi connectivity index (χ4n) is 0.141. The van der Waals surface area contributed by atoms with E-state index in [0.717, 1.165) is 11.1 Å². The number of hydrogen-bond donors (Lipinski definition) is 0. The Morgan fingerprint density at radius 3 is 2.14 bits per heavy atom. The Kier molecular flexibility index (Phi) is 6.08. The molecule has 0 aliphatic heterocycles. The second-order valence-electron chi connectivity index (χ2n) is 0.942. The van der Waals surface area contributed by atoms with Crippen molar-refractivity contribution in [1.82, 2.24) is 0 Å². The van der Waals surface area contributed by atoms with Gasteiger partial charge in [0.2, 0.25) is 0 Å². The minimum atomic E-state index is -0.657. The summed E-state index contributed by atoms with van der Waals surface area (Å²) in [5, 5.41) is 0.825. The van der Waals surface area contributed by atoms with Crippen molar-refractivity contribution in [3.8, 4) is 0 Å². The maximum atomic E-state index is 10.4. The second kappa shape index (κ2) is 5.25. The molecule has 0 aliphatic carbocycles. The van der Waals surface area contributed by atoms with E-state index in [4.69, 9.17) is 0 Å². The molecule has 0 fully saturated rings. The van der Waals surface area contributed by atoms with Crippen LogP contribution in [-0.4, -0.2) is 20.0 Å². The van der Waals surface area contributed by atoms with E-state index in [0.29, 0.717) is 4.66 Å². The third-order valence-electron chi connectivity index (χ3n) is 0.427. The molecule has 0 aromatic heterocycles. The SMILES string of the molecule is O=S(CBr)CCBr. The quantitative estimate of drug-likeness (QED) is 0.693. The summed E-state index contributed by atoms with van der Waals surface area (Å²) in [5.41, 5.74) is 0. The van der Waals surface area contributed by atoms with Gasteiger partial charge in [0.1, 0.15) is 0 Å². The summed E-state index contributed by atoms with van der Waals surface area (Å²) >= 11 is 6.27. The first kappa shape index (κ1) is 8.11. The Balaban J connectivity index is 3.00. The molecule has 1 nitrogen and oxygen atoms in total. The molecule has 4 heteroatoms. The van der Waals surface area contributed by atoms with Gasteiger partial charge in [0.25, 0.3) is 0 Å². The molecule has 0 rings (SSSR count). The van der Waals surface area contributed by atoms with Gasteiger partial charge in [-0.05, 0) is 0 Å². The summed E-state index contributed by atoms with van der Waals surface area (Å²) in [6.45, 7) is 0. The van der Waals surface area contributed by atoms with E-state index in [1.54, 1.807) is 0 Å². The Hall–Kier alpha value is 1.11. The molecule has 0 aromatic carbocycles. The van der Waals surface area contributed by atoms with Crippen LogP contribution in [0.15, 0.2) is 0 Å². The van der Waals surface area contributed by atoms with Crippen LogP contribution in [0.1, 0.15) is 0 Å². The monoisotopic (exact) mass is 248 g/mol. The van der Waals surface area contributed by atoms with Crippen LogP contribution in [-0.2, 0) is 10.8 Å². The lowest BCUT2D eigenvalue weighted by Gasteiger charge is -1.87. The van der Waals surface area contributed by atoms with E-state index < -0.39 is 10.8 Å². The van der Waals surface area contributed by atoms with Gasteiger partial charge in [-0.3, -0.25) is 4.21 Å². The lowest BCUT2D eigenvalue weighted by molar-refractivity contribution is 0.687. The number of hydrogen-bond acceptors (Lipinski definition) is 1. The third kappa shape index (κ3) is 4.97. The molecule has 44 valence electrons. The third-order valence-corrected chi connectivity index (χ3v) is 3.78. The summed E-state index contributed by atoms with van der Waals surface area (Å²) < 4.78 is 11.0. The van der Waals surface area contributed by atoms with Gasteiger partial charge >= 0.3 is 0 Å². The minimum absolute atomic E-state index is 0.596. The Bertz CT molecular complexity index is 66.0. The van der Waals surface area contributed by atoms with Crippen molar-refractivity contribution in [3.63, 3.8) is 0 Å². The molecule has 0 saturated carbocycles. The minimum Gasteiger partial charge on any atom is -0.259 e. The van der Waals surface area contributed by atoms with Crippen LogP contribution in [0.4, 0.5) is 0 Å². The summed E-state index contributed by atoms with van der Waals surface area (Å²) in [5.74, 6) is 0.741. The van der Waals surface area contributed by atoms with Crippen LogP contribution in [0.3, 0.4) is 0 Å². The van der Waals surface area contributed by atoms with Crippen molar-refractivity contribution in [1.29, 1.82) is 0 Å². The van der Waals surface area contributed by atoms with Crippen molar-refractivity contribution in [2.45, 2.75) is 0 Å². The first-order valence-corrected chi connectivity index (χ1v) is 5.51. The fourth-order valence-corrected chi connectivity index (χ4v) is 2.19. The standard InChI is InChI=1S/C3H6Br2OS/c4-1-2-7(6)3-5/h1-3H2. The van der Waals surface area contributed by atoms with Gasteiger partial charge in [-0.1, -0.05) is 31.9 Å². The molecule has 1 atom stereocenters. The van der Waals surface area contributed by atoms with Crippen LogP contribution >= 0.6 is 31.9 Å². The van der Waals surface area contributed by atoms with E-state index in [2.05, 4.69) is 31.9 Å². The van der Waals surface area contributed by atoms with Crippen LogP contribution < -0.4 is 0 Å². The average molecular weight is 250 g/mol. The molecule has 0 radical (unpaired) electrons. The van der Waals surface area contributed by atoms with E-state index in [1.807, 2.05) is 0 Å². The smallest absolute Gasteiger partial charge is 0.0790 e. The summed E-state index contributed by atoms with van der Waals surface area (Å²) in [7, 11) is -0.657. The number of alkyl halides is 2. The van der Waals surface area contributed by atoms with E-state index in [1.165, 1.54) is 0 Å². The van der Waals surface area contributed by atoms with Gasteiger partial charge in [0.15, 0.2) is 0 Å². The molecule has 0 amide bonds. The van der Waals surface area contributed by atoms with Crippen molar-refractivity contribution in [2.75, 3.05) is 15.7 Å². The van der Waals surface area contributed by atoms with Crippen molar-refractivity contribution >= 4 is 42.7 Å². The number of rotatable bonds is 3. The summed E-state index contributed by atoms with van der Waals surface area (Å²) in [6.07, 6.45) is 0. The van der Waals surface area contributed by atoms with Crippen LogP contribution in [0.25, 0.3) is 0 Å². The maximum absolute atomic E-state index is 10.4. The predicted molar refractivity (Wildman–Crippen MR) is 40.6 cm³/mol. The fraction of sp³-hybridized carbons (Fsp3) is 1.00. The van der Waals surface area contributed by atoms with Gasteiger partial charge in [0.05, 0.1) is 4.66 Å². The summed E-state index contributed by atoms with van der Waals surface area (Å²) in [6, 6.07) is 0. The van der Waals surface area contributed by atoms with Crippen molar-refractivity contribution < 1.29 is 4.21 Å².